The van der Waals surface area contributed by atoms with Gasteiger partial charge in [-0.15, -0.1) is 0 Å². The number of ether oxygens (including phenoxy) is 1. The molecule has 4 heteroatoms. The van der Waals surface area contributed by atoms with E-state index in [0.29, 0.717) is 12.1 Å². The third-order valence-electron chi connectivity index (χ3n) is 6.14. The van der Waals surface area contributed by atoms with Crippen molar-refractivity contribution in [3.63, 3.8) is 0 Å². The Kier molecular flexibility index (Phi) is 5.65. The van der Waals surface area contributed by atoms with Crippen LogP contribution in [0.2, 0.25) is 0 Å². The summed E-state index contributed by atoms with van der Waals surface area (Å²) in [7, 11) is 0. The predicted octanol–water partition coefficient (Wildman–Crippen LogP) is 4.80. The second-order valence-electron chi connectivity index (χ2n) is 8.00. The van der Waals surface area contributed by atoms with Crippen LogP contribution in [0.25, 0.3) is 21.5 Å². The van der Waals surface area contributed by atoms with Gasteiger partial charge in [-0.1, -0.05) is 72.8 Å². The van der Waals surface area contributed by atoms with Crippen LogP contribution >= 0.6 is 0 Å². The highest BCUT2D eigenvalue weighted by atomic mass is 16.5. The summed E-state index contributed by atoms with van der Waals surface area (Å²) in [6.07, 6.45) is 0. The third kappa shape index (κ3) is 4.18. The Morgan fingerprint density at radius 2 is 1.55 bits per heavy atom. The van der Waals surface area contributed by atoms with Gasteiger partial charge < -0.3 is 10.1 Å². The van der Waals surface area contributed by atoms with Gasteiger partial charge in [-0.2, -0.15) is 0 Å². The van der Waals surface area contributed by atoms with Crippen molar-refractivity contribution in [2.45, 2.75) is 6.04 Å². The average Bonchev–Trinajstić information content (AvgIpc) is 2.84. The Bertz CT molecular complexity index is 1210. The second kappa shape index (κ2) is 8.88. The molecule has 1 saturated heterocycles. The molecular weight excluding hydrogens is 384 g/mol. The number of hydrogen-bond donors (Lipinski definition) is 1. The van der Waals surface area contributed by atoms with Gasteiger partial charge in [0, 0.05) is 25.2 Å². The van der Waals surface area contributed by atoms with Crippen molar-refractivity contribution < 1.29 is 9.53 Å². The molecule has 0 bridgehead atoms. The van der Waals surface area contributed by atoms with E-state index in [2.05, 4.69) is 58.7 Å². The fourth-order valence-electron chi connectivity index (χ4n) is 4.49. The molecule has 1 N–H and O–H groups in total. The van der Waals surface area contributed by atoms with Crippen molar-refractivity contribution in [1.82, 2.24) is 10.2 Å². The summed E-state index contributed by atoms with van der Waals surface area (Å²) in [5.74, 6) is -0.0377. The molecule has 0 aliphatic carbocycles. The normalized spacial score (nSPS) is 15.7. The van der Waals surface area contributed by atoms with Gasteiger partial charge in [-0.25, -0.2) is 0 Å². The van der Waals surface area contributed by atoms with E-state index in [0.717, 1.165) is 37.1 Å². The topological polar surface area (TPSA) is 41.6 Å². The van der Waals surface area contributed by atoms with Gasteiger partial charge in [0.1, 0.15) is 0 Å². The van der Waals surface area contributed by atoms with Gasteiger partial charge in [0.05, 0.1) is 19.3 Å². The molecule has 31 heavy (non-hydrogen) atoms. The van der Waals surface area contributed by atoms with Crippen LogP contribution in [0.15, 0.2) is 84.9 Å². The molecule has 0 saturated carbocycles. The quantitative estimate of drug-likeness (QED) is 0.514. The Labute approximate surface area is 182 Å². The summed E-state index contributed by atoms with van der Waals surface area (Å²) in [6, 6.07) is 29.0. The second-order valence-corrected chi connectivity index (χ2v) is 8.00. The van der Waals surface area contributed by atoms with Crippen molar-refractivity contribution in [2.24, 2.45) is 0 Å². The summed E-state index contributed by atoms with van der Waals surface area (Å²) in [6.45, 7) is 3.72. The zero-order valence-electron chi connectivity index (χ0n) is 17.5. The van der Waals surface area contributed by atoms with Crippen molar-refractivity contribution in [2.75, 3.05) is 32.8 Å². The van der Waals surface area contributed by atoms with Crippen molar-refractivity contribution in [1.29, 1.82) is 0 Å². The first-order valence-electron chi connectivity index (χ1n) is 10.9. The van der Waals surface area contributed by atoms with Gasteiger partial charge in [0.25, 0.3) is 5.91 Å². The SMILES string of the molecule is O=C(NC[C@@H](c1cccc2ccccc12)N1CCOCC1)c1ccc2ccccc2c1. The summed E-state index contributed by atoms with van der Waals surface area (Å²) in [5, 5.41) is 7.88. The molecule has 0 unspecified atom stereocenters. The van der Waals surface area contributed by atoms with E-state index in [-0.39, 0.29) is 11.9 Å². The molecule has 0 spiro atoms. The number of nitrogens with zero attached hydrogens (tertiary/aromatic N) is 1. The Balaban J connectivity index is 1.42. The largest absolute Gasteiger partial charge is 0.379 e. The summed E-state index contributed by atoms with van der Waals surface area (Å²) in [4.78, 5) is 15.4. The van der Waals surface area contributed by atoms with Gasteiger partial charge in [0.2, 0.25) is 0 Å². The first-order chi connectivity index (χ1) is 15.3. The van der Waals surface area contributed by atoms with Gasteiger partial charge >= 0.3 is 0 Å². The monoisotopic (exact) mass is 410 g/mol. The molecule has 0 aromatic heterocycles. The molecule has 4 aromatic rings. The smallest absolute Gasteiger partial charge is 0.251 e. The Hall–Kier alpha value is -3.21. The van der Waals surface area contributed by atoms with Crippen LogP contribution in [0.5, 0.6) is 0 Å². The number of morpholine rings is 1. The highest BCUT2D eigenvalue weighted by Gasteiger charge is 2.24. The van der Waals surface area contributed by atoms with E-state index < -0.39 is 0 Å². The highest BCUT2D eigenvalue weighted by Crippen LogP contribution is 2.29. The average molecular weight is 411 g/mol. The molecule has 1 fully saturated rings. The third-order valence-corrected chi connectivity index (χ3v) is 6.14. The Morgan fingerprint density at radius 3 is 2.39 bits per heavy atom. The van der Waals surface area contributed by atoms with Gasteiger partial charge in [-0.05, 0) is 39.2 Å². The van der Waals surface area contributed by atoms with E-state index in [9.17, 15) is 4.79 Å². The highest BCUT2D eigenvalue weighted by molar-refractivity contribution is 5.98. The van der Waals surface area contributed by atoms with Crippen molar-refractivity contribution >= 4 is 27.5 Å². The molecule has 1 aliphatic heterocycles. The van der Waals surface area contributed by atoms with Crippen LogP contribution in [0.4, 0.5) is 0 Å². The molecule has 4 aromatic carbocycles. The lowest BCUT2D eigenvalue weighted by Gasteiger charge is -2.35. The first kappa shape index (κ1) is 19.7. The number of fused-ring (bicyclic) bond motifs is 2. The molecule has 156 valence electrons. The minimum Gasteiger partial charge on any atom is -0.379 e. The van der Waals surface area contributed by atoms with Gasteiger partial charge in [0.15, 0.2) is 0 Å². The van der Waals surface area contributed by atoms with Crippen LogP contribution in [0, 0.1) is 0 Å². The van der Waals surface area contributed by atoms with E-state index in [1.807, 2.05) is 36.4 Å². The van der Waals surface area contributed by atoms with E-state index in [1.54, 1.807) is 0 Å². The summed E-state index contributed by atoms with van der Waals surface area (Å²) >= 11 is 0. The number of amides is 1. The van der Waals surface area contributed by atoms with Crippen molar-refractivity contribution in [3.8, 4) is 0 Å². The Morgan fingerprint density at radius 1 is 0.839 bits per heavy atom. The number of rotatable bonds is 5. The standard InChI is InChI=1S/C27H26N2O2/c30-27(23-13-12-20-6-1-2-8-22(20)18-23)28-19-26(29-14-16-31-17-15-29)25-11-5-9-21-7-3-4-10-24(21)25/h1-13,18,26H,14-17,19H2,(H,28,30)/t26-/m0/s1. The molecule has 1 amide bonds. The molecule has 5 rings (SSSR count). The lowest BCUT2D eigenvalue weighted by atomic mass is 9.97. The fraction of sp³-hybridized carbons (Fsp3) is 0.222. The maximum absolute atomic E-state index is 13.0. The molecule has 1 aliphatic rings. The number of carbonyl (C=O) groups excluding carboxylic acids is 1. The minimum atomic E-state index is -0.0377. The van der Waals surface area contributed by atoms with Crippen molar-refractivity contribution in [3.05, 3.63) is 96.1 Å². The number of benzene rings is 4. The van der Waals surface area contributed by atoms with Crippen LogP contribution in [-0.4, -0.2) is 43.7 Å². The molecule has 4 nitrogen and oxygen atoms in total. The first-order valence-corrected chi connectivity index (χ1v) is 10.9. The lowest BCUT2D eigenvalue weighted by molar-refractivity contribution is 0.0165. The van der Waals surface area contributed by atoms with E-state index >= 15 is 0 Å². The lowest BCUT2D eigenvalue weighted by Crippen LogP contribution is -2.43. The number of hydrogen-bond acceptors (Lipinski definition) is 3. The fourth-order valence-corrected chi connectivity index (χ4v) is 4.49. The number of nitrogens with one attached hydrogen (secondary N) is 1. The molecule has 1 heterocycles. The van der Waals surface area contributed by atoms with Crippen LogP contribution in [-0.2, 0) is 4.74 Å². The molecule has 1 atom stereocenters. The maximum Gasteiger partial charge on any atom is 0.251 e. The van der Waals surface area contributed by atoms with Gasteiger partial charge in [-0.3, -0.25) is 9.69 Å². The summed E-state index contributed by atoms with van der Waals surface area (Å²) in [5.41, 5.74) is 1.94. The molecule has 0 radical (unpaired) electrons. The number of carbonyl (C=O) groups is 1. The summed E-state index contributed by atoms with van der Waals surface area (Å²) < 4.78 is 5.58. The zero-order valence-corrected chi connectivity index (χ0v) is 17.5. The van der Waals surface area contributed by atoms with Crippen LogP contribution in [0.1, 0.15) is 22.0 Å². The predicted molar refractivity (Wildman–Crippen MR) is 125 cm³/mol. The zero-order chi connectivity index (χ0) is 21.0. The minimum absolute atomic E-state index is 0.0377. The van der Waals surface area contributed by atoms with E-state index in [4.69, 9.17) is 4.74 Å². The maximum atomic E-state index is 13.0. The molecular formula is C27H26N2O2. The van der Waals surface area contributed by atoms with Crippen LogP contribution < -0.4 is 5.32 Å². The van der Waals surface area contributed by atoms with E-state index in [1.165, 1.54) is 16.3 Å². The van der Waals surface area contributed by atoms with Crippen LogP contribution in [0.3, 0.4) is 0 Å².